The van der Waals surface area contributed by atoms with Gasteiger partial charge in [0.1, 0.15) is 5.75 Å². The molecule has 0 unspecified atom stereocenters. The summed E-state index contributed by atoms with van der Waals surface area (Å²) in [6, 6.07) is 26.5. The second-order valence-corrected chi connectivity index (χ2v) is 6.37. The summed E-state index contributed by atoms with van der Waals surface area (Å²) in [5.41, 5.74) is 2.48. The molecule has 0 spiro atoms. The monoisotopic (exact) mass is 385 g/mol. The Hall–Kier alpha value is -3.93. The maximum atomic E-state index is 12.2. The summed E-state index contributed by atoms with van der Waals surface area (Å²) in [5, 5.41) is 6.86. The van der Waals surface area contributed by atoms with E-state index in [0.717, 1.165) is 11.3 Å². The van der Waals surface area contributed by atoms with E-state index in [1.165, 1.54) is 0 Å². The van der Waals surface area contributed by atoms with E-state index in [-0.39, 0.29) is 12.5 Å². The third-order valence-corrected chi connectivity index (χ3v) is 4.21. The first-order chi connectivity index (χ1) is 14.3. The summed E-state index contributed by atoms with van der Waals surface area (Å²) in [7, 11) is 0. The highest BCUT2D eigenvalue weighted by atomic mass is 16.5. The summed E-state index contributed by atoms with van der Waals surface area (Å²) in [5.74, 6) is 1.21. The van der Waals surface area contributed by atoms with Crippen LogP contribution in [0.5, 0.6) is 5.75 Å². The molecule has 6 nitrogen and oxygen atoms in total. The Bertz CT molecular complexity index is 1080. The summed E-state index contributed by atoms with van der Waals surface area (Å²) in [6.45, 7) is -0.124. The zero-order valence-corrected chi connectivity index (χ0v) is 15.6. The van der Waals surface area contributed by atoms with Crippen molar-refractivity contribution in [3.05, 3.63) is 96.4 Å². The van der Waals surface area contributed by atoms with Gasteiger partial charge in [-0.3, -0.25) is 4.79 Å². The van der Waals surface area contributed by atoms with Crippen molar-refractivity contribution in [3.8, 4) is 17.1 Å². The van der Waals surface area contributed by atoms with Crippen molar-refractivity contribution in [1.82, 2.24) is 10.1 Å². The Kier molecular flexibility index (Phi) is 5.62. The second-order valence-electron chi connectivity index (χ2n) is 6.37. The lowest BCUT2D eigenvalue weighted by atomic mass is 10.1. The van der Waals surface area contributed by atoms with Crippen LogP contribution in [0.15, 0.2) is 89.5 Å². The summed E-state index contributed by atoms with van der Waals surface area (Å²) in [6.07, 6.45) is 0.552. The van der Waals surface area contributed by atoms with E-state index in [1.807, 2.05) is 78.9 Å². The second kappa shape index (κ2) is 8.84. The minimum Gasteiger partial charge on any atom is -0.483 e. The number of nitrogens with one attached hydrogen (secondary N) is 1. The molecule has 6 heteroatoms. The van der Waals surface area contributed by atoms with Gasteiger partial charge in [0.15, 0.2) is 6.61 Å². The van der Waals surface area contributed by atoms with Crippen LogP contribution in [0.1, 0.15) is 11.5 Å². The van der Waals surface area contributed by atoms with Crippen LogP contribution in [0.2, 0.25) is 0 Å². The molecule has 29 heavy (non-hydrogen) atoms. The molecule has 4 aromatic rings. The van der Waals surface area contributed by atoms with Crippen LogP contribution in [0.25, 0.3) is 11.4 Å². The van der Waals surface area contributed by atoms with Crippen LogP contribution >= 0.6 is 0 Å². The molecule has 0 atom stereocenters. The lowest BCUT2D eigenvalue weighted by Crippen LogP contribution is -2.20. The van der Waals surface area contributed by atoms with Crippen LogP contribution < -0.4 is 10.1 Å². The molecule has 0 bridgehead atoms. The van der Waals surface area contributed by atoms with Gasteiger partial charge in [-0.2, -0.15) is 4.98 Å². The minimum absolute atomic E-state index is 0.124. The molecule has 1 aromatic heterocycles. The molecule has 0 aliphatic heterocycles. The highest BCUT2D eigenvalue weighted by Crippen LogP contribution is 2.28. The first-order valence-corrected chi connectivity index (χ1v) is 9.21. The molecule has 0 aliphatic carbocycles. The molecule has 1 heterocycles. The Morgan fingerprint density at radius 2 is 1.59 bits per heavy atom. The predicted octanol–water partition coefficient (Wildman–Crippen LogP) is 4.34. The number of carbonyl (C=O) groups is 1. The molecule has 0 saturated carbocycles. The number of rotatable bonds is 7. The first-order valence-electron chi connectivity index (χ1n) is 9.21. The molecule has 1 N–H and O–H groups in total. The molecule has 1 amide bonds. The van der Waals surface area contributed by atoms with Gasteiger partial charge in [0, 0.05) is 5.69 Å². The quantitative estimate of drug-likeness (QED) is 0.512. The van der Waals surface area contributed by atoms with Gasteiger partial charge in [-0.05, 0) is 29.8 Å². The molecule has 0 aliphatic rings. The number of anilines is 1. The number of amides is 1. The summed E-state index contributed by atoms with van der Waals surface area (Å²) >= 11 is 0. The molecule has 144 valence electrons. The third kappa shape index (κ3) is 4.87. The zero-order chi connectivity index (χ0) is 19.9. The van der Waals surface area contributed by atoms with Gasteiger partial charge in [-0.25, -0.2) is 0 Å². The highest BCUT2D eigenvalue weighted by Gasteiger charge is 2.14. The molecule has 3 aromatic carbocycles. The normalized spacial score (nSPS) is 10.5. The van der Waals surface area contributed by atoms with Crippen molar-refractivity contribution in [2.45, 2.75) is 6.42 Å². The van der Waals surface area contributed by atoms with Crippen molar-refractivity contribution < 1.29 is 14.1 Å². The maximum absolute atomic E-state index is 12.2. The number of aromatic nitrogens is 2. The van der Waals surface area contributed by atoms with Gasteiger partial charge in [-0.15, -0.1) is 0 Å². The lowest BCUT2D eigenvalue weighted by molar-refractivity contribution is -0.118. The smallest absolute Gasteiger partial charge is 0.262 e. The van der Waals surface area contributed by atoms with Crippen LogP contribution in [0.4, 0.5) is 5.69 Å². The van der Waals surface area contributed by atoms with Crippen molar-refractivity contribution in [2.24, 2.45) is 0 Å². The first kappa shape index (κ1) is 18.4. The zero-order valence-electron chi connectivity index (χ0n) is 15.6. The minimum atomic E-state index is -0.246. The Morgan fingerprint density at radius 1 is 0.897 bits per heavy atom. The van der Waals surface area contributed by atoms with Gasteiger partial charge in [0.25, 0.3) is 5.91 Å². The van der Waals surface area contributed by atoms with E-state index in [9.17, 15) is 4.79 Å². The number of carbonyl (C=O) groups excluding carboxylic acids is 1. The van der Waals surface area contributed by atoms with Crippen LogP contribution in [-0.2, 0) is 11.2 Å². The fraction of sp³-hybridized carbons (Fsp3) is 0.0870. The number of benzene rings is 3. The molecular weight excluding hydrogens is 366 g/mol. The molecule has 4 rings (SSSR count). The van der Waals surface area contributed by atoms with Gasteiger partial charge >= 0.3 is 0 Å². The van der Waals surface area contributed by atoms with Gasteiger partial charge in [0.05, 0.1) is 12.0 Å². The van der Waals surface area contributed by atoms with Gasteiger partial charge in [-0.1, -0.05) is 65.8 Å². The van der Waals surface area contributed by atoms with Crippen molar-refractivity contribution in [1.29, 1.82) is 0 Å². The van der Waals surface area contributed by atoms with Crippen molar-refractivity contribution in [2.75, 3.05) is 11.9 Å². The number of nitrogens with zero attached hydrogens (tertiary/aromatic N) is 2. The van der Waals surface area contributed by atoms with E-state index in [0.29, 0.717) is 29.4 Å². The van der Waals surface area contributed by atoms with Crippen LogP contribution in [-0.4, -0.2) is 22.7 Å². The molecule has 0 fully saturated rings. The van der Waals surface area contributed by atoms with E-state index in [4.69, 9.17) is 9.26 Å². The molecule has 0 radical (unpaired) electrons. The fourth-order valence-corrected chi connectivity index (χ4v) is 2.85. The average molecular weight is 385 g/mol. The topological polar surface area (TPSA) is 77.2 Å². The van der Waals surface area contributed by atoms with Gasteiger partial charge < -0.3 is 14.6 Å². The van der Waals surface area contributed by atoms with Crippen molar-refractivity contribution in [3.63, 3.8) is 0 Å². The number of hydrogen-bond donors (Lipinski definition) is 1. The number of para-hydroxylation sites is 2. The summed E-state index contributed by atoms with van der Waals surface area (Å²) in [4.78, 5) is 16.6. The van der Waals surface area contributed by atoms with E-state index < -0.39 is 0 Å². The SMILES string of the molecule is O=C(COc1ccccc1-c1noc(Cc2ccccc2)n1)Nc1ccccc1. The Balaban J connectivity index is 1.44. The Labute approximate surface area is 168 Å². The van der Waals surface area contributed by atoms with Gasteiger partial charge in [0.2, 0.25) is 11.7 Å². The van der Waals surface area contributed by atoms with Crippen molar-refractivity contribution >= 4 is 11.6 Å². The fourth-order valence-electron chi connectivity index (χ4n) is 2.85. The largest absolute Gasteiger partial charge is 0.483 e. The molecular formula is C23H19N3O3. The predicted molar refractivity (Wildman–Crippen MR) is 110 cm³/mol. The van der Waals surface area contributed by atoms with Crippen LogP contribution in [0.3, 0.4) is 0 Å². The third-order valence-electron chi connectivity index (χ3n) is 4.21. The van der Waals surface area contributed by atoms with E-state index in [1.54, 1.807) is 6.07 Å². The van der Waals surface area contributed by atoms with Crippen LogP contribution in [0, 0.1) is 0 Å². The molecule has 0 saturated heterocycles. The number of ether oxygens (including phenoxy) is 1. The Morgan fingerprint density at radius 3 is 2.38 bits per heavy atom. The highest BCUT2D eigenvalue weighted by molar-refractivity contribution is 5.91. The summed E-state index contributed by atoms with van der Waals surface area (Å²) < 4.78 is 11.1. The van der Waals surface area contributed by atoms with E-state index >= 15 is 0 Å². The number of hydrogen-bond acceptors (Lipinski definition) is 5. The average Bonchev–Trinajstić information content (AvgIpc) is 3.22. The maximum Gasteiger partial charge on any atom is 0.262 e. The standard InChI is InChI=1S/C23H19N3O3/c27-21(24-18-11-5-2-6-12-18)16-28-20-14-8-7-13-19(20)23-25-22(29-26-23)15-17-9-3-1-4-10-17/h1-14H,15-16H2,(H,24,27). The van der Waals surface area contributed by atoms with E-state index in [2.05, 4.69) is 15.5 Å². The lowest BCUT2D eigenvalue weighted by Gasteiger charge is -2.09.